The molecule has 0 aliphatic heterocycles. The molecule has 0 radical (unpaired) electrons. The molecule has 2 aromatic rings. The van der Waals surface area contributed by atoms with Gasteiger partial charge in [0.2, 0.25) is 0 Å². The lowest BCUT2D eigenvalue weighted by molar-refractivity contribution is -0.139. The molecule has 33 heavy (non-hydrogen) atoms. The topological polar surface area (TPSA) is 116 Å². The molecule has 178 valence electrons. The lowest BCUT2D eigenvalue weighted by Gasteiger charge is -2.34. The van der Waals surface area contributed by atoms with E-state index in [2.05, 4.69) is 5.32 Å². The minimum absolute atomic E-state index is 0.0275. The lowest BCUT2D eigenvalue weighted by Crippen LogP contribution is -2.46. The van der Waals surface area contributed by atoms with E-state index in [1.165, 1.54) is 6.42 Å². The van der Waals surface area contributed by atoms with Crippen LogP contribution in [0, 0.1) is 6.92 Å². The third-order valence-corrected chi connectivity index (χ3v) is 7.08. The Morgan fingerprint density at radius 3 is 2.55 bits per heavy atom. The first-order chi connectivity index (χ1) is 15.8. The van der Waals surface area contributed by atoms with E-state index in [1.54, 1.807) is 6.92 Å². The van der Waals surface area contributed by atoms with Crippen LogP contribution in [-0.4, -0.2) is 52.3 Å². The van der Waals surface area contributed by atoms with Gasteiger partial charge in [-0.15, -0.1) is 11.3 Å². The fourth-order valence-electron chi connectivity index (χ4n) is 4.24. The van der Waals surface area contributed by atoms with Crippen LogP contribution in [0.15, 0.2) is 24.3 Å². The highest BCUT2D eigenvalue weighted by molar-refractivity contribution is 7.18. The number of nitrogens with zero attached hydrogens (tertiary/aromatic N) is 1. The van der Waals surface area contributed by atoms with Crippen molar-refractivity contribution in [2.24, 2.45) is 0 Å². The van der Waals surface area contributed by atoms with Crippen molar-refractivity contribution in [1.29, 1.82) is 0 Å². The zero-order chi connectivity index (χ0) is 24.0. The maximum absolute atomic E-state index is 12.8. The number of aromatic carboxylic acids is 1. The summed E-state index contributed by atoms with van der Waals surface area (Å²) < 4.78 is 5.29. The molecule has 0 spiro atoms. The number of rotatable bonds is 9. The van der Waals surface area contributed by atoms with Crippen LogP contribution in [0.4, 0.5) is 4.79 Å². The molecule has 8 nitrogen and oxygen atoms in total. The van der Waals surface area contributed by atoms with Crippen LogP contribution in [0.25, 0.3) is 10.4 Å². The number of amides is 2. The predicted molar refractivity (Wildman–Crippen MR) is 126 cm³/mol. The fraction of sp³-hybridized carbons (Fsp3) is 0.458. The van der Waals surface area contributed by atoms with E-state index in [4.69, 9.17) is 9.84 Å². The van der Waals surface area contributed by atoms with Crippen molar-refractivity contribution in [3.8, 4) is 16.2 Å². The summed E-state index contributed by atoms with van der Waals surface area (Å²) in [4.78, 5) is 38.0. The lowest BCUT2D eigenvalue weighted by atomic mass is 9.94. The number of carboxylic acids is 2. The van der Waals surface area contributed by atoms with Gasteiger partial charge >= 0.3 is 18.0 Å². The van der Waals surface area contributed by atoms with Crippen molar-refractivity contribution in [2.75, 3.05) is 13.2 Å². The molecule has 2 amide bonds. The van der Waals surface area contributed by atoms with Crippen molar-refractivity contribution >= 4 is 29.3 Å². The van der Waals surface area contributed by atoms with Gasteiger partial charge in [-0.25, -0.2) is 14.4 Å². The van der Waals surface area contributed by atoms with Crippen LogP contribution in [-0.2, 0) is 11.3 Å². The number of urea groups is 1. The summed E-state index contributed by atoms with van der Waals surface area (Å²) in [5.41, 5.74) is 2.34. The molecule has 3 rings (SSSR count). The first kappa shape index (κ1) is 24.6. The van der Waals surface area contributed by atoms with E-state index >= 15 is 0 Å². The first-order valence-electron chi connectivity index (χ1n) is 11.2. The molecule has 1 saturated carbocycles. The number of benzene rings is 1. The van der Waals surface area contributed by atoms with Crippen LogP contribution >= 0.6 is 11.3 Å². The molecule has 1 heterocycles. The summed E-state index contributed by atoms with van der Waals surface area (Å²) >= 11 is 1.06. The van der Waals surface area contributed by atoms with Gasteiger partial charge in [0, 0.05) is 29.6 Å². The number of carbonyl (C=O) groups is 3. The van der Waals surface area contributed by atoms with Gasteiger partial charge in [-0.2, -0.15) is 0 Å². The number of carboxylic acid groups (broad SMARTS) is 2. The Labute approximate surface area is 197 Å². The van der Waals surface area contributed by atoms with Gasteiger partial charge in [0.25, 0.3) is 0 Å². The van der Waals surface area contributed by atoms with Gasteiger partial charge in [-0.3, -0.25) is 0 Å². The van der Waals surface area contributed by atoms with Gasteiger partial charge < -0.3 is 25.2 Å². The van der Waals surface area contributed by atoms with E-state index in [-0.39, 0.29) is 22.7 Å². The van der Waals surface area contributed by atoms with Crippen molar-refractivity contribution in [1.82, 2.24) is 10.2 Å². The number of ether oxygens (including phenoxy) is 1. The van der Waals surface area contributed by atoms with Crippen molar-refractivity contribution < 1.29 is 29.3 Å². The highest BCUT2D eigenvalue weighted by Gasteiger charge is 2.26. The maximum Gasteiger partial charge on any atom is 0.349 e. The molecule has 0 unspecified atom stereocenters. The van der Waals surface area contributed by atoms with E-state index < -0.39 is 18.5 Å². The molecule has 1 aromatic heterocycles. The average Bonchev–Trinajstić information content (AvgIpc) is 3.13. The second-order valence-corrected chi connectivity index (χ2v) is 9.18. The molecule has 3 N–H and O–H groups in total. The van der Waals surface area contributed by atoms with Crippen LogP contribution in [0.1, 0.15) is 59.8 Å². The predicted octanol–water partition coefficient (Wildman–Crippen LogP) is 4.75. The normalized spacial score (nSPS) is 14.0. The van der Waals surface area contributed by atoms with Crippen molar-refractivity contribution in [3.63, 3.8) is 0 Å². The molecule has 1 aliphatic carbocycles. The highest BCUT2D eigenvalue weighted by Crippen LogP contribution is 2.41. The monoisotopic (exact) mass is 474 g/mol. The van der Waals surface area contributed by atoms with Crippen molar-refractivity contribution in [3.05, 3.63) is 40.3 Å². The molecule has 9 heteroatoms. The molecular weight excluding hydrogens is 444 g/mol. The van der Waals surface area contributed by atoms with Gasteiger partial charge in [-0.05, 0) is 43.9 Å². The summed E-state index contributed by atoms with van der Waals surface area (Å²) in [5.74, 6) is -2.25. The van der Waals surface area contributed by atoms with E-state index in [0.717, 1.165) is 48.1 Å². The highest BCUT2D eigenvalue weighted by atomic mass is 32.1. The number of hydrogen-bond acceptors (Lipinski definition) is 5. The summed E-state index contributed by atoms with van der Waals surface area (Å²) in [6, 6.07) is 7.82. The van der Waals surface area contributed by atoms with Crippen LogP contribution < -0.4 is 10.1 Å². The van der Waals surface area contributed by atoms with E-state index in [0.29, 0.717) is 23.5 Å². The van der Waals surface area contributed by atoms with Crippen molar-refractivity contribution in [2.45, 2.75) is 58.5 Å². The van der Waals surface area contributed by atoms with Gasteiger partial charge in [0.1, 0.15) is 5.75 Å². The largest absolute Gasteiger partial charge is 0.480 e. The summed E-state index contributed by atoms with van der Waals surface area (Å²) in [7, 11) is 0. The molecule has 0 atom stereocenters. The smallest absolute Gasteiger partial charge is 0.349 e. The summed E-state index contributed by atoms with van der Waals surface area (Å²) in [6.45, 7) is 4.04. The van der Waals surface area contributed by atoms with E-state index in [9.17, 15) is 19.5 Å². The number of carbonyl (C=O) groups excluding carboxylic acids is 1. The number of thiophene rings is 1. The minimum Gasteiger partial charge on any atom is -0.480 e. The SMILES string of the molecule is CCNC(=O)N(Cc1cccc(-c2sc(C(=O)O)c(OCC(=O)O)c2C)c1)C1CCCCC1. The quantitative estimate of drug-likeness (QED) is 0.483. The Hall–Kier alpha value is -3.07. The van der Waals surface area contributed by atoms with Crippen LogP contribution in [0.3, 0.4) is 0 Å². The standard InChI is InChI=1S/C24H30N2O6S/c1-3-25-24(31)26(18-10-5-4-6-11-18)13-16-8-7-9-17(12-16)21-15(2)20(32-14-19(27)28)22(33-21)23(29)30/h7-9,12,18H,3-6,10-11,13-14H2,1-2H3,(H,25,31)(H,27,28)(H,29,30). The zero-order valence-corrected chi connectivity index (χ0v) is 19.7. The Morgan fingerprint density at radius 2 is 1.91 bits per heavy atom. The van der Waals surface area contributed by atoms with Gasteiger partial charge in [-0.1, -0.05) is 37.5 Å². The Kier molecular flexibility index (Phi) is 8.32. The molecule has 0 bridgehead atoms. The third kappa shape index (κ3) is 6.04. The average molecular weight is 475 g/mol. The first-order valence-corrected chi connectivity index (χ1v) is 12.0. The van der Waals surface area contributed by atoms with Crippen LogP contribution in [0.5, 0.6) is 5.75 Å². The second kappa shape index (κ2) is 11.2. The zero-order valence-electron chi connectivity index (χ0n) is 18.9. The molecule has 1 fully saturated rings. The Bertz CT molecular complexity index is 1010. The number of hydrogen-bond donors (Lipinski definition) is 3. The molecule has 1 aromatic carbocycles. The fourth-order valence-corrected chi connectivity index (χ4v) is 5.33. The Morgan fingerprint density at radius 1 is 1.18 bits per heavy atom. The number of aliphatic carboxylic acids is 1. The van der Waals surface area contributed by atoms with Gasteiger partial charge in [0.05, 0.1) is 0 Å². The molecule has 0 saturated heterocycles. The summed E-state index contributed by atoms with van der Waals surface area (Å²) in [6.07, 6.45) is 5.42. The van der Waals surface area contributed by atoms with Gasteiger partial charge in [0.15, 0.2) is 11.5 Å². The van der Waals surface area contributed by atoms with Crippen LogP contribution in [0.2, 0.25) is 0 Å². The van der Waals surface area contributed by atoms with E-state index in [1.807, 2.05) is 36.1 Å². The number of nitrogens with one attached hydrogen (secondary N) is 1. The third-order valence-electron chi connectivity index (χ3n) is 5.77. The second-order valence-electron chi connectivity index (χ2n) is 8.16. The Balaban J connectivity index is 1.90. The molecule has 1 aliphatic rings. The minimum atomic E-state index is -1.17. The molecular formula is C24H30N2O6S. The summed E-state index contributed by atoms with van der Waals surface area (Å²) in [5, 5.41) is 21.4. The maximum atomic E-state index is 12.8.